The van der Waals surface area contributed by atoms with E-state index < -0.39 is 0 Å². The Hall–Kier alpha value is -1.83. The van der Waals surface area contributed by atoms with Gasteiger partial charge in [-0.1, -0.05) is 12.1 Å². The molecule has 2 nitrogen and oxygen atoms in total. The molecule has 0 saturated carbocycles. The first kappa shape index (κ1) is 6.66. The van der Waals surface area contributed by atoms with Crippen LogP contribution in [0.25, 0.3) is 16.4 Å². The molecule has 0 saturated heterocycles. The zero-order valence-electron chi connectivity index (χ0n) is 6.94. The van der Waals surface area contributed by atoms with Crippen molar-refractivity contribution in [2.24, 2.45) is 0 Å². The second-order valence-electron chi connectivity index (χ2n) is 2.97. The molecule has 13 heavy (non-hydrogen) atoms. The number of nitrogens with zero attached hydrogens (tertiary/aromatic N) is 2. The van der Waals surface area contributed by atoms with Crippen molar-refractivity contribution in [3.8, 4) is 0 Å². The van der Waals surface area contributed by atoms with Crippen LogP contribution in [0.1, 0.15) is 0 Å². The SMILES string of the molecule is [c]1ccc2c(c1)nn1ccccc21. The third kappa shape index (κ3) is 0.855. The number of rotatable bonds is 0. The largest absolute Gasteiger partial charge is 0.240 e. The first-order chi connectivity index (χ1) is 6.45. The normalized spacial score (nSPS) is 11.1. The molecule has 3 rings (SSSR count). The van der Waals surface area contributed by atoms with Gasteiger partial charge >= 0.3 is 0 Å². The van der Waals surface area contributed by atoms with Gasteiger partial charge < -0.3 is 0 Å². The maximum Gasteiger partial charge on any atom is 0.0940 e. The first-order valence-corrected chi connectivity index (χ1v) is 4.18. The smallest absolute Gasteiger partial charge is 0.0940 e. The highest BCUT2D eigenvalue weighted by molar-refractivity contribution is 5.93. The Morgan fingerprint density at radius 3 is 3.23 bits per heavy atom. The van der Waals surface area contributed by atoms with Crippen LogP contribution in [0.4, 0.5) is 0 Å². The van der Waals surface area contributed by atoms with Gasteiger partial charge in [-0.05, 0) is 30.3 Å². The molecule has 0 amide bonds. The first-order valence-electron chi connectivity index (χ1n) is 4.18. The zero-order chi connectivity index (χ0) is 8.67. The minimum absolute atomic E-state index is 0.994. The van der Waals surface area contributed by atoms with E-state index in [4.69, 9.17) is 0 Å². The molecule has 2 heterocycles. The molecule has 0 bridgehead atoms. The minimum atomic E-state index is 0.994. The Labute approximate surface area is 75.4 Å². The quantitative estimate of drug-likeness (QED) is 0.502. The van der Waals surface area contributed by atoms with Crippen molar-refractivity contribution in [3.63, 3.8) is 0 Å². The van der Waals surface area contributed by atoms with Crippen LogP contribution in [0.15, 0.2) is 42.6 Å². The summed E-state index contributed by atoms with van der Waals surface area (Å²) in [6.45, 7) is 0. The van der Waals surface area contributed by atoms with Gasteiger partial charge in [-0.25, -0.2) is 4.52 Å². The molecule has 0 aliphatic rings. The molecule has 0 spiro atoms. The molecule has 0 fully saturated rings. The Kier molecular flexibility index (Phi) is 1.19. The van der Waals surface area contributed by atoms with Crippen LogP contribution in [-0.4, -0.2) is 9.61 Å². The molecule has 0 aliphatic carbocycles. The lowest BCUT2D eigenvalue weighted by molar-refractivity contribution is 0.982. The number of aromatic nitrogens is 2. The van der Waals surface area contributed by atoms with Crippen molar-refractivity contribution < 1.29 is 0 Å². The van der Waals surface area contributed by atoms with Crippen LogP contribution >= 0.6 is 0 Å². The van der Waals surface area contributed by atoms with Gasteiger partial charge in [0.2, 0.25) is 0 Å². The van der Waals surface area contributed by atoms with E-state index in [0.717, 1.165) is 11.0 Å². The predicted octanol–water partition coefficient (Wildman–Crippen LogP) is 2.29. The molecule has 0 N–H and O–H groups in total. The fraction of sp³-hybridized carbons (Fsp3) is 0. The van der Waals surface area contributed by atoms with Gasteiger partial charge in [-0.2, -0.15) is 5.10 Å². The number of hydrogen-bond acceptors (Lipinski definition) is 1. The lowest BCUT2D eigenvalue weighted by Crippen LogP contribution is -1.82. The summed E-state index contributed by atoms with van der Waals surface area (Å²) in [5.41, 5.74) is 2.14. The van der Waals surface area contributed by atoms with Crippen molar-refractivity contribution in [2.75, 3.05) is 0 Å². The molecular weight excluding hydrogens is 160 g/mol. The van der Waals surface area contributed by atoms with E-state index in [9.17, 15) is 0 Å². The molecule has 2 heteroatoms. The summed E-state index contributed by atoms with van der Waals surface area (Å²) in [6, 6.07) is 14.9. The van der Waals surface area contributed by atoms with Gasteiger partial charge in [0, 0.05) is 11.6 Å². The molecule has 3 aromatic rings. The minimum Gasteiger partial charge on any atom is -0.240 e. The maximum atomic E-state index is 4.40. The van der Waals surface area contributed by atoms with Crippen molar-refractivity contribution in [1.29, 1.82) is 0 Å². The third-order valence-electron chi connectivity index (χ3n) is 2.17. The monoisotopic (exact) mass is 167 g/mol. The molecule has 2 aromatic heterocycles. The zero-order valence-corrected chi connectivity index (χ0v) is 6.94. The highest BCUT2D eigenvalue weighted by atomic mass is 15.2. The molecule has 1 radical (unpaired) electrons. The fourth-order valence-corrected chi connectivity index (χ4v) is 1.57. The molecule has 0 atom stereocenters. The lowest BCUT2D eigenvalue weighted by Gasteiger charge is -1.88. The van der Waals surface area contributed by atoms with Gasteiger partial charge in [-0.3, -0.25) is 0 Å². The lowest BCUT2D eigenvalue weighted by atomic mass is 10.2. The average molecular weight is 167 g/mol. The summed E-state index contributed by atoms with van der Waals surface area (Å²) in [6.07, 6.45) is 1.95. The van der Waals surface area contributed by atoms with Gasteiger partial charge in [0.15, 0.2) is 0 Å². The van der Waals surface area contributed by atoms with Crippen LogP contribution in [0.3, 0.4) is 0 Å². The summed E-state index contributed by atoms with van der Waals surface area (Å²) in [7, 11) is 0. The Bertz CT molecular complexity index is 516. The summed E-state index contributed by atoms with van der Waals surface area (Å²) < 4.78 is 1.89. The van der Waals surface area contributed by atoms with Crippen LogP contribution in [-0.2, 0) is 0 Å². The predicted molar refractivity (Wildman–Crippen MR) is 51.5 cm³/mol. The van der Waals surface area contributed by atoms with Crippen molar-refractivity contribution in [2.45, 2.75) is 0 Å². The highest BCUT2D eigenvalue weighted by Gasteiger charge is 2.00. The molecule has 0 unspecified atom stereocenters. The van der Waals surface area contributed by atoms with Crippen molar-refractivity contribution in [1.82, 2.24) is 9.61 Å². The second kappa shape index (κ2) is 2.33. The number of benzene rings is 1. The Morgan fingerprint density at radius 2 is 2.23 bits per heavy atom. The van der Waals surface area contributed by atoms with E-state index in [1.165, 1.54) is 5.39 Å². The fourth-order valence-electron chi connectivity index (χ4n) is 1.57. The summed E-state index contributed by atoms with van der Waals surface area (Å²) in [4.78, 5) is 0. The van der Waals surface area contributed by atoms with E-state index >= 15 is 0 Å². The summed E-state index contributed by atoms with van der Waals surface area (Å²) >= 11 is 0. The topological polar surface area (TPSA) is 17.3 Å². The van der Waals surface area contributed by atoms with Crippen LogP contribution < -0.4 is 0 Å². The third-order valence-corrected chi connectivity index (χ3v) is 2.17. The number of fused-ring (bicyclic) bond motifs is 3. The molecule has 0 aliphatic heterocycles. The van der Waals surface area contributed by atoms with E-state index in [1.54, 1.807) is 0 Å². The van der Waals surface area contributed by atoms with E-state index in [-0.39, 0.29) is 0 Å². The second-order valence-corrected chi connectivity index (χ2v) is 2.97. The van der Waals surface area contributed by atoms with Crippen LogP contribution in [0.2, 0.25) is 0 Å². The highest BCUT2D eigenvalue weighted by Crippen LogP contribution is 2.17. The maximum absolute atomic E-state index is 4.40. The van der Waals surface area contributed by atoms with Crippen molar-refractivity contribution in [3.05, 3.63) is 48.7 Å². The van der Waals surface area contributed by atoms with Gasteiger partial charge in [0.25, 0.3) is 0 Å². The molecular formula is C11H7N2. The Morgan fingerprint density at radius 1 is 1.23 bits per heavy atom. The molecule has 1 aromatic carbocycles. The van der Waals surface area contributed by atoms with E-state index in [2.05, 4.69) is 17.2 Å². The van der Waals surface area contributed by atoms with Crippen LogP contribution in [0.5, 0.6) is 0 Å². The van der Waals surface area contributed by atoms with Gasteiger partial charge in [0.1, 0.15) is 0 Å². The van der Waals surface area contributed by atoms with Crippen molar-refractivity contribution >= 4 is 16.4 Å². The average Bonchev–Trinajstić information content (AvgIpc) is 2.56. The van der Waals surface area contributed by atoms with Crippen LogP contribution in [0, 0.1) is 6.07 Å². The summed E-state index contributed by atoms with van der Waals surface area (Å²) in [5, 5.41) is 5.58. The standard InChI is InChI=1S/C11H7N2/c1-2-6-10-9(5-1)11-7-3-4-8-13(11)12-10/h1,3-8H. The Balaban J connectivity index is 2.64. The van der Waals surface area contributed by atoms with E-state index in [1.807, 2.05) is 41.0 Å². The summed E-state index contributed by atoms with van der Waals surface area (Å²) in [5.74, 6) is 0. The van der Waals surface area contributed by atoms with Gasteiger partial charge in [0.05, 0.1) is 11.0 Å². The van der Waals surface area contributed by atoms with Gasteiger partial charge in [-0.15, -0.1) is 0 Å². The molecule has 61 valence electrons. The number of pyridine rings is 1. The van der Waals surface area contributed by atoms with E-state index in [0.29, 0.717) is 0 Å². The number of hydrogen-bond donors (Lipinski definition) is 0.